The number of benzene rings is 6. The van der Waals surface area contributed by atoms with Crippen molar-refractivity contribution in [2.45, 2.75) is 20.3 Å². The third-order valence-corrected chi connectivity index (χ3v) is 7.61. The van der Waals surface area contributed by atoms with Crippen LogP contribution in [0.3, 0.4) is 0 Å². The van der Waals surface area contributed by atoms with E-state index in [4.69, 9.17) is 0 Å². The van der Waals surface area contributed by atoms with Crippen LogP contribution in [-0.2, 0) is 6.42 Å². The summed E-state index contributed by atoms with van der Waals surface area (Å²) in [5, 5.41) is 0. The smallest absolute Gasteiger partial charge is 0.0464 e. The van der Waals surface area contributed by atoms with Gasteiger partial charge in [-0.3, -0.25) is 0 Å². The van der Waals surface area contributed by atoms with Crippen molar-refractivity contribution in [2.75, 3.05) is 4.90 Å². The molecule has 0 unspecified atom stereocenters. The van der Waals surface area contributed by atoms with Crippen molar-refractivity contribution in [3.63, 3.8) is 0 Å². The summed E-state index contributed by atoms with van der Waals surface area (Å²) in [6, 6.07) is 56.5. The molecule has 42 heavy (non-hydrogen) atoms. The van der Waals surface area contributed by atoms with E-state index in [2.05, 4.69) is 183 Å². The van der Waals surface area contributed by atoms with Crippen molar-refractivity contribution >= 4 is 28.7 Å². The van der Waals surface area contributed by atoms with Crippen LogP contribution < -0.4 is 4.90 Å². The van der Waals surface area contributed by atoms with E-state index in [-0.39, 0.29) is 0 Å². The number of anilines is 3. The number of allylic oxidation sites excluding steroid dienone is 1. The van der Waals surface area contributed by atoms with Gasteiger partial charge in [0.25, 0.3) is 0 Å². The second-order valence-electron chi connectivity index (χ2n) is 10.9. The molecule has 1 nitrogen and oxygen atoms in total. The summed E-state index contributed by atoms with van der Waals surface area (Å²) in [5.74, 6) is 0. The molecule has 0 fully saturated rings. The summed E-state index contributed by atoms with van der Waals surface area (Å²) in [5.41, 5.74) is 13.5. The zero-order valence-corrected chi connectivity index (χ0v) is 24.2. The number of nitrogens with zero attached hydrogens (tertiary/aromatic N) is 1. The molecule has 204 valence electrons. The first kappa shape index (κ1) is 27.1. The van der Waals surface area contributed by atoms with Crippen molar-refractivity contribution in [3.05, 3.63) is 186 Å². The summed E-state index contributed by atoms with van der Waals surface area (Å²) in [4.78, 5) is 2.31. The average Bonchev–Trinajstić information content (AvgIpc) is 3.03. The van der Waals surface area contributed by atoms with Crippen molar-refractivity contribution in [2.24, 2.45) is 0 Å². The van der Waals surface area contributed by atoms with Gasteiger partial charge in [0.2, 0.25) is 0 Å². The fraction of sp³-hybridized carbons (Fsp3) is 0.0732. The summed E-state index contributed by atoms with van der Waals surface area (Å²) >= 11 is 0. The predicted octanol–water partition coefficient (Wildman–Crippen LogP) is 11.2. The lowest BCUT2D eigenvalue weighted by molar-refractivity contribution is 1.27. The van der Waals surface area contributed by atoms with Gasteiger partial charge in [0, 0.05) is 17.1 Å². The van der Waals surface area contributed by atoms with Crippen molar-refractivity contribution in [1.29, 1.82) is 0 Å². The zero-order chi connectivity index (χ0) is 28.7. The normalized spacial score (nSPS) is 11.3. The van der Waals surface area contributed by atoms with Crippen molar-refractivity contribution < 1.29 is 0 Å². The maximum Gasteiger partial charge on any atom is 0.0464 e. The Morgan fingerprint density at radius 1 is 0.500 bits per heavy atom. The van der Waals surface area contributed by atoms with Crippen LogP contribution in [0.25, 0.3) is 22.8 Å². The first-order chi connectivity index (χ1) is 20.6. The highest BCUT2D eigenvalue weighted by molar-refractivity contribution is 5.83. The second-order valence-corrected chi connectivity index (χ2v) is 10.9. The van der Waals surface area contributed by atoms with Gasteiger partial charge in [0.05, 0.1) is 0 Å². The summed E-state index contributed by atoms with van der Waals surface area (Å²) in [6.45, 7) is 4.28. The van der Waals surface area contributed by atoms with Gasteiger partial charge in [0.15, 0.2) is 0 Å². The highest BCUT2D eigenvalue weighted by atomic mass is 15.1. The van der Waals surface area contributed by atoms with Gasteiger partial charge in [0.1, 0.15) is 0 Å². The monoisotopic (exact) mass is 541 g/mol. The molecule has 0 aliphatic heterocycles. The Balaban J connectivity index is 1.26. The molecular formula is C41H35N. The molecular weight excluding hydrogens is 506 g/mol. The number of hydrogen-bond donors (Lipinski definition) is 0. The molecule has 6 rings (SSSR count). The summed E-state index contributed by atoms with van der Waals surface area (Å²) in [7, 11) is 0. The van der Waals surface area contributed by atoms with Gasteiger partial charge >= 0.3 is 0 Å². The maximum atomic E-state index is 2.32. The maximum absolute atomic E-state index is 2.32. The molecule has 0 aromatic heterocycles. The van der Waals surface area contributed by atoms with Crippen LogP contribution in [0.2, 0.25) is 0 Å². The Kier molecular flexibility index (Phi) is 8.10. The second kappa shape index (κ2) is 12.6. The quantitative estimate of drug-likeness (QED) is 0.173. The molecule has 0 spiro atoms. The van der Waals surface area contributed by atoms with E-state index in [1.165, 1.54) is 44.5 Å². The standard InChI is InChI=1S/C41H35N/c1-31-11-9-13-34(27-31)30-38(35-14-5-3-6-15-35)29-33-19-21-36(22-20-33)37-23-25-40(26-24-37)42(39-16-7-4-8-17-39)41-18-10-12-32(2)28-41/h3-28,30H,29H2,1-2H3/b38-30-. The van der Waals surface area contributed by atoms with Crippen molar-refractivity contribution in [1.82, 2.24) is 0 Å². The largest absolute Gasteiger partial charge is 0.310 e. The number of rotatable bonds is 8. The van der Waals surface area contributed by atoms with Gasteiger partial charge in [-0.15, -0.1) is 0 Å². The van der Waals surface area contributed by atoms with E-state index in [0.717, 1.165) is 23.5 Å². The van der Waals surface area contributed by atoms with Crippen LogP contribution in [0.1, 0.15) is 27.8 Å². The molecule has 0 amide bonds. The minimum absolute atomic E-state index is 0.875. The molecule has 1 heteroatoms. The minimum Gasteiger partial charge on any atom is -0.310 e. The first-order valence-electron chi connectivity index (χ1n) is 14.6. The molecule has 0 saturated carbocycles. The Bertz CT molecular complexity index is 1780. The van der Waals surface area contributed by atoms with Crippen LogP contribution in [0.15, 0.2) is 158 Å². The lowest BCUT2D eigenvalue weighted by Gasteiger charge is -2.26. The van der Waals surface area contributed by atoms with Crippen LogP contribution in [-0.4, -0.2) is 0 Å². The number of hydrogen-bond acceptors (Lipinski definition) is 1. The van der Waals surface area contributed by atoms with E-state index >= 15 is 0 Å². The van der Waals surface area contributed by atoms with Gasteiger partial charge in [-0.1, -0.05) is 133 Å². The minimum atomic E-state index is 0.875. The lowest BCUT2D eigenvalue weighted by Crippen LogP contribution is -2.09. The number of aryl methyl sites for hydroxylation is 2. The molecule has 0 aliphatic rings. The molecule has 6 aromatic carbocycles. The fourth-order valence-electron chi connectivity index (χ4n) is 5.48. The van der Waals surface area contributed by atoms with Crippen LogP contribution in [0, 0.1) is 13.8 Å². The van der Waals surface area contributed by atoms with E-state index in [0.29, 0.717) is 0 Å². The Labute approximate surface area is 250 Å². The van der Waals surface area contributed by atoms with E-state index in [9.17, 15) is 0 Å². The molecule has 0 heterocycles. The fourth-order valence-corrected chi connectivity index (χ4v) is 5.48. The van der Waals surface area contributed by atoms with E-state index in [1.54, 1.807) is 0 Å². The summed E-state index contributed by atoms with van der Waals surface area (Å²) in [6.07, 6.45) is 3.20. The highest BCUT2D eigenvalue weighted by Crippen LogP contribution is 2.36. The topological polar surface area (TPSA) is 3.24 Å². The third-order valence-electron chi connectivity index (χ3n) is 7.61. The molecule has 0 atom stereocenters. The Morgan fingerprint density at radius 2 is 1.05 bits per heavy atom. The van der Waals surface area contributed by atoms with Crippen molar-refractivity contribution in [3.8, 4) is 11.1 Å². The van der Waals surface area contributed by atoms with E-state index in [1.807, 2.05) is 0 Å². The predicted molar refractivity (Wildman–Crippen MR) is 180 cm³/mol. The SMILES string of the molecule is Cc1cccc(/C=C(/Cc2ccc(-c3ccc(N(c4ccccc4)c4cccc(C)c4)cc3)cc2)c2ccccc2)c1. The first-order valence-corrected chi connectivity index (χ1v) is 14.6. The van der Waals surface area contributed by atoms with Crippen LogP contribution in [0.4, 0.5) is 17.1 Å². The third kappa shape index (κ3) is 6.43. The van der Waals surface area contributed by atoms with Gasteiger partial charge < -0.3 is 4.90 Å². The number of para-hydroxylation sites is 1. The van der Waals surface area contributed by atoms with E-state index < -0.39 is 0 Å². The lowest BCUT2D eigenvalue weighted by atomic mass is 9.94. The summed E-state index contributed by atoms with van der Waals surface area (Å²) < 4.78 is 0. The van der Waals surface area contributed by atoms with Gasteiger partial charge in [-0.25, -0.2) is 0 Å². The Morgan fingerprint density at radius 3 is 1.69 bits per heavy atom. The molecule has 0 saturated heterocycles. The van der Waals surface area contributed by atoms with Crippen LogP contribution in [0.5, 0.6) is 0 Å². The molecule has 6 aromatic rings. The molecule has 0 bridgehead atoms. The van der Waals surface area contributed by atoms with Gasteiger partial charge in [-0.05, 0) is 95.6 Å². The molecule has 0 aliphatic carbocycles. The van der Waals surface area contributed by atoms with Crippen LogP contribution >= 0.6 is 0 Å². The van der Waals surface area contributed by atoms with Gasteiger partial charge in [-0.2, -0.15) is 0 Å². The zero-order valence-electron chi connectivity index (χ0n) is 24.2. The molecule has 0 N–H and O–H groups in total. The molecule has 0 radical (unpaired) electrons. The highest BCUT2D eigenvalue weighted by Gasteiger charge is 2.13. The Hall–Kier alpha value is -5.14. The average molecular weight is 542 g/mol.